The molecular formula is C20H21NO3. The van der Waals surface area contributed by atoms with Crippen molar-refractivity contribution in [3.05, 3.63) is 75.6 Å². The molecule has 0 unspecified atom stereocenters. The highest BCUT2D eigenvalue weighted by Gasteiger charge is 2.09. The van der Waals surface area contributed by atoms with Crippen molar-refractivity contribution in [3.63, 3.8) is 0 Å². The monoisotopic (exact) mass is 323 g/mol. The average molecular weight is 323 g/mol. The first-order chi connectivity index (χ1) is 11.5. The van der Waals surface area contributed by atoms with Gasteiger partial charge in [-0.05, 0) is 48.9 Å². The second-order valence-electron chi connectivity index (χ2n) is 6.11. The molecule has 124 valence electrons. The summed E-state index contributed by atoms with van der Waals surface area (Å²) in [4.78, 5) is 14.0. The first-order valence-electron chi connectivity index (χ1n) is 7.90. The SMILES string of the molecule is COc1ccc(CN(C)Cc2cc(=O)oc3cc(C)ccc23)cc1. The van der Waals surface area contributed by atoms with Crippen LogP contribution in [0.1, 0.15) is 16.7 Å². The van der Waals surface area contributed by atoms with Gasteiger partial charge in [-0.2, -0.15) is 0 Å². The number of hydrogen-bond donors (Lipinski definition) is 0. The average Bonchev–Trinajstić information content (AvgIpc) is 2.54. The van der Waals surface area contributed by atoms with E-state index in [-0.39, 0.29) is 5.63 Å². The lowest BCUT2D eigenvalue weighted by Crippen LogP contribution is -2.18. The van der Waals surface area contributed by atoms with E-state index in [2.05, 4.69) is 17.0 Å². The third-order valence-electron chi connectivity index (χ3n) is 4.04. The number of aryl methyl sites for hydroxylation is 1. The molecule has 0 aliphatic rings. The molecule has 0 aliphatic heterocycles. The van der Waals surface area contributed by atoms with Crippen molar-refractivity contribution in [1.82, 2.24) is 4.90 Å². The normalized spacial score (nSPS) is 11.2. The molecule has 1 heterocycles. The molecule has 0 saturated carbocycles. The van der Waals surface area contributed by atoms with E-state index < -0.39 is 0 Å². The van der Waals surface area contributed by atoms with Gasteiger partial charge in [-0.3, -0.25) is 4.90 Å². The molecule has 0 aliphatic carbocycles. The smallest absolute Gasteiger partial charge is 0.336 e. The Morgan fingerprint density at radius 3 is 2.50 bits per heavy atom. The van der Waals surface area contributed by atoms with Crippen molar-refractivity contribution in [1.29, 1.82) is 0 Å². The molecule has 0 amide bonds. The highest BCUT2D eigenvalue weighted by atomic mass is 16.5. The molecule has 4 nitrogen and oxygen atoms in total. The van der Waals surface area contributed by atoms with E-state index in [0.29, 0.717) is 12.1 Å². The Bertz CT molecular complexity index is 897. The van der Waals surface area contributed by atoms with Gasteiger partial charge in [0.25, 0.3) is 0 Å². The second-order valence-corrected chi connectivity index (χ2v) is 6.11. The molecule has 0 atom stereocenters. The van der Waals surface area contributed by atoms with Gasteiger partial charge in [0.05, 0.1) is 7.11 Å². The van der Waals surface area contributed by atoms with Crippen molar-refractivity contribution in [2.75, 3.05) is 14.2 Å². The number of fused-ring (bicyclic) bond motifs is 1. The fraction of sp³-hybridized carbons (Fsp3) is 0.250. The van der Waals surface area contributed by atoms with Gasteiger partial charge in [0, 0.05) is 24.5 Å². The van der Waals surface area contributed by atoms with Gasteiger partial charge in [0.15, 0.2) is 0 Å². The summed E-state index contributed by atoms with van der Waals surface area (Å²) < 4.78 is 10.5. The van der Waals surface area contributed by atoms with E-state index in [9.17, 15) is 4.79 Å². The van der Waals surface area contributed by atoms with Crippen LogP contribution in [0.25, 0.3) is 11.0 Å². The summed E-state index contributed by atoms with van der Waals surface area (Å²) in [6, 6.07) is 15.6. The fourth-order valence-corrected chi connectivity index (χ4v) is 2.86. The zero-order valence-corrected chi connectivity index (χ0v) is 14.2. The van der Waals surface area contributed by atoms with Crippen LogP contribution < -0.4 is 10.4 Å². The van der Waals surface area contributed by atoms with Crippen LogP contribution in [0, 0.1) is 6.92 Å². The van der Waals surface area contributed by atoms with Crippen LogP contribution in [0.3, 0.4) is 0 Å². The molecular weight excluding hydrogens is 302 g/mol. The van der Waals surface area contributed by atoms with Crippen molar-refractivity contribution in [3.8, 4) is 5.75 Å². The lowest BCUT2D eigenvalue weighted by Gasteiger charge is -2.18. The molecule has 4 heteroatoms. The van der Waals surface area contributed by atoms with Crippen LogP contribution in [-0.2, 0) is 13.1 Å². The van der Waals surface area contributed by atoms with E-state index in [1.807, 2.05) is 44.3 Å². The predicted molar refractivity (Wildman–Crippen MR) is 95.4 cm³/mol. The molecule has 0 bridgehead atoms. The summed E-state index contributed by atoms with van der Waals surface area (Å²) in [5, 5.41) is 0.988. The van der Waals surface area contributed by atoms with Gasteiger partial charge in [0.2, 0.25) is 0 Å². The van der Waals surface area contributed by atoms with Crippen molar-refractivity contribution in [2.24, 2.45) is 0 Å². The number of ether oxygens (including phenoxy) is 1. The Labute approximate surface area is 141 Å². The zero-order valence-electron chi connectivity index (χ0n) is 14.2. The third kappa shape index (κ3) is 3.66. The largest absolute Gasteiger partial charge is 0.497 e. The molecule has 0 radical (unpaired) electrons. The Balaban J connectivity index is 1.82. The Hall–Kier alpha value is -2.59. The molecule has 0 spiro atoms. The summed E-state index contributed by atoms with van der Waals surface area (Å²) in [6.45, 7) is 3.46. The Morgan fingerprint density at radius 1 is 1.04 bits per heavy atom. The van der Waals surface area contributed by atoms with Gasteiger partial charge in [-0.15, -0.1) is 0 Å². The number of benzene rings is 2. The Morgan fingerprint density at radius 2 is 1.79 bits per heavy atom. The van der Waals surface area contributed by atoms with Crippen LogP contribution in [-0.4, -0.2) is 19.1 Å². The van der Waals surface area contributed by atoms with Crippen LogP contribution in [0.15, 0.2) is 57.7 Å². The maximum absolute atomic E-state index is 11.8. The standard InChI is InChI=1S/C20H21NO3/c1-14-4-9-18-16(11-20(22)24-19(18)10-14)13-21(2)12-15-5-7-17(23-3)8-6-15/h4-11H,12-13H2,1-3H3. The second kappa shape index (κ2) is 6.89. The van der Waals surface area contributed by atoms with Gasteiger partial charge in [-0.1, -0.05) is 24.3 Å². The minimum absolute atomic E-state index is 0.305. The van der Waals surface area contributed by atoms with Crippen LogP contribution in [0.5, 0.6) is 5.75 Å². The van der Waals surface area contributed by atoms with Gasteiger partial charge >= 0.3 is 5.63 Å². The van der Waals surface area contributed by atoms with E-state index in [1.165, 1.54) is 5.56 Å². The number of methoxy groups -OCH3 is 1. The number of nitrogens with zero attached hydrogens (tertiary/aromatic N) is 1. The van der Waals surface area contributed by atoms with E-state index in [0.717, 1.165) is 28.8 Å². The predicted octanol–water partition coefficient (Wildman–Crippen LogP) is 3.74. The number of rotatable bonds is 5. The fourth-order valence-electron chi connectivity index (χ4n) is 2.86. The molecule has 0 saturated heterocycles. The van der Waals surface area contributed by atoms with E-state index in [1.54, 1.807) is 13.2 Å². The minimum Gasteiger partial charge on any atom is -0.497 e. The van der Waals surface area contributed by atoms with Gasteiger partial charge in [0.1, 0.15) is 11.3 Å². The van der Waals surface area contributed by atoms with E-state index in [4.69, 9.17) is 9.15 Å². The summed E-state index contributed by atoms with van der Waals surface area (Å²) in [5.74, 6) is 0.850. The minimum atomic E-state index is -0.305. The maximum atomic E-state index is 11.8. The molecule has 2 aromatic carbocycles. The quantitative estimate of drug-likeness (QED) is 0.671. The third-order valence-corrected chi connectivity index (χ3v) is 4.04. The van der Waals surface area contributed by atoms with Gasteiger partial charge < -0.3 is 9.15 Å². The molecule has 24 heavy (non-hydrogen) atoms. The summed E-state index contributed by atoms with van der Waals surface area (Å²) >= 11 is 0. The van der Waals surface area contributed by atoms with E-state index >= 15 is 0 Å². The summed E-state index contributed by atoms with van der Waals surface area (Å²) in [6.07, 6.45) is 0. The van der Waals surface area contributed by atoms with Crippen molar-refractivity contribution < 1.29 is 9.15 Å². The molecule has 0 fully saturated rings. The highest BCUT2D eigenvalue weighted by molar-refractivity contribution is 5.80. The lowest BCUT2D eigenvalue weighted by atomic mass is 10.1. The summed E-state index contributed by atoms with van der Waals surface area (Å²) in [7, 11) is 3.70. The van der Waals surface area contributed by atoms with Crippen molar-refractivity contribution in [2.45, 2.75) is 20.0 Å². The first-order valence-corrected chi connectivity index (χ1v) is 7.90. The topological polar surface area (TPSA) is 42.7 Å². The van der Waals surface area contributed by atoms with Crippen LogP contribution in [0.2, 0.25) is 0 Å². The highest BCUT2D eigenvalue weighted by Crippen LogP contribution is 2.20. The van der Waals surface area contributed by atoms with Crippen LogP contribution >= 0.6 is 0 Å². The Kier molecular flexibility index (Phi) is 4.67. The molecule has 3 aromatic rings. The molecule has 3 rings (SSSR count). The van der Waals surface area contributed by atoms with Crippen molar-refractivity contribution >= 4 is 11.0 Å². The summed E-state index contributed by atoms with van der Waals surface area (Å²) in [5.41, 5.74) is 3.60. The van der Waals surface area contributed by atoms with Gasteiger partial charge in [-0.25, -0.2) is 4.79 Å². The van der Waals surface area contributed by atoms with Crippen LogP contribution in [0.4, 0.5) is 0 Å². The number of hydrogen-bond acceptors (Lipinski definition) is 4. The molecule has 1 aromatic heterocycles. The maximum Gasteiger partial charge on any atom is 0.336 e. The molecule has 0 N–H and O–H groups in total. The first kappa shape index (κ1) is 16.3. The lowest BCUT2D eigenvalue weighted by molar-refractivity contribution is 0.319. The zero-order chi connectivity index (χ0) is 17.1.